The van der Waals surface area contributed by atoms with E-state index in [1.54, 1.807) is 39.8 Å². The molecule has 0 unspecified atom stereocenters. The lowest BCUT2D eigenvalue weighted by Crippen LogP contribution is -2.62. The van der Waals surface area contributed by atoms with Gasteiger partial charge in [0.15, 0.2) is 5.54 Å². The summed E-state index contributed by atoms with van der Waals surface area (Å²) in [5.74, 6) is -1.32. The molecule has 0 bridgehead atoms. The smallest absolute Gasteiger partial charge is 0.408 e. The summed E-state index contributed by atoms with van der Waals surface area (Å²) in [6.45, 7) is 6.22. The Balaban J connectivity index is 3.05. The van der Waals surface area contributed by atoms with Crippen LogP contribution >= 0.6 is 0 Å². The fraction of sp³-hybridized carbons (Fsp3) is 0.643. The van der Waals surface area contributed by atoms with Gasteiger partial charge < -0.3 is 20.3 Å². The molecule has 0 aromatic carbocycles. The van der Waals surface area contributed by atoms with E-state index < -0.39 is 35.3 Å². The summed E-state index contributed by atoms with van der Waals surface area (Å²) in [6, 6.07) is -0.487. The van der Waals surface area contributed by atoms with Crippen LogP contribution in [0.25, 0.3) is 0 Å². The first-order chi connectivity index (χ1) is 9.97. The van der Waals surface area contributed by atoms with Crippen molar-refractivity contribution in [3.63, 3.8) is 0 Å². The maximum Gasteiger partial charge on any atom is 0.408 e. The first-order valence-electron chi connectivity index (χ1n) is 6.88. The second kappa shape index (κ2) is 6.25. The molecule has 0 spiro atoms. The van der Waals surface area contributed by atoms with E-state index in [2.05, 4.69) is 5.32 Å². The molecule has 1 aliphatic heterocycles. The topological polar surface area (TPSA) is 116 Å². The summed E-state index contributed by atoms with van der Waals surface area (Å²) < 4.78 is 5.08. The van der Waals surface area contributed by atoms with Crippen molar-refractivity contribution >= 4 is 18.2 Å². The lowest BCUT2D eigenvalue weighted by atomic mass is 9.95. The van der Waals surface area contributed by atoms with Crippen molar-refractivity contribution in [1.82, 2.24) is 10.2 Å². The van der Waals surface area contributed by atoms with E-state index in [0.717, 1.165) is 4.90 Å². The first-order valence-corrected chi connectivity index (χ1v) is 6.88. The van der Waals surface area contributed by atoms with Crippen molar-refractivity contribution in [3.05, 3.63) is 12.2 Å². The molecule has 1 rings (SSSR count). The van der Waals surface area contributed by atoms with Crippen molar-refractivity contribution < 1.29 is 29.3 Å². The summed E-state index contributed by atoms with van der Waals surface area (Å²) >= 11 is 0. The molecule has 0 aromatic heterocycles. The van der Waals surface area contributed by atoms with E-state index in [0.29, 0.717) is 0 Å². The van der Waals surface area contributed by atoms with Gasteiger partial charge in [-0.15, -0.1) is 0 Å². The first kappa shape index (κ1) is 17.8. The third kappa shape index (κ3) is 4.37. The van der Waals surface area contributed by atoms with Crippen LogP contribution in [0.1, 0.15) is 34.1 Å². The van der Waals surface area contributed by atoms with Crippen LogP contribution in [0.4, 0.5) is 9.59 Å². The predicted molar refractivity (Wildman–Crippen MR) is 77.7 cm³/mol. The number of carboxylic acids is 1. The van der Waals surface area contributed by atoms with Crippen molar-refractivity contribution in [2.75, 3.05) is 6.54 Å². The Kier molecular flexibility index (Phi) is 5.05. The third-order valence-electron chi connectivity index (χ3n) is 3.21. The van der Waals surface area contributed by atoms with Gasteiger partial charge in [-0.3, -0.25) is 4.90 Å². The van der Waals surface area contributed by atoms with Gasteiger partial charge >= 0.3 is 18.2 Å². The number of rotatable bonds is 2. The summed E-state index contributed by atoms with van der Waals surface area (Å²) in [4.78, 5) is 35.9. The number of amides is 2. The molecule has 0 aromatic rings. The van der Waals surface area contributed by atoms with E-state index in [1.165, 1.54) is 0 Å². The highest BCUT2D eigenvalue weighted by atomic mass is 16.6. The van der Waals surface area contributed by atoms with E-state index in [9.17, 15) is 24.6 Å². The molecule has 0 saturated carbocycles. The minimum Gasteiger partial charge on any atom is -0.479 e. The third-order valence-corrected chi connectivity index (χ3v) is 3.21. The molecule has 0 aliphatic carbocycles. The van der Waals surface area contributed by atoms with Gasteiger partial charge in [-0.05, 0) is 27.7 Å². The van der Waals surface area contributed by atoms with Gasteiger partial charge in [-0.25, -0.2) is 14.4 Å². The fourth-order valence-corrected chi connectivity index (χ4v) is 2.11. The van der Waals surface area contributed by atoms with Crippen LogP contribution in [-0.2, 0) is 9.53 Å². The molecule has 0 radical (unpaired) electrons. The number of carbonyl (C=O) groups is 3. The number of nitrogens with one attached hydrogen (secondary N) is 1. The summed E-state index contributed by atoms with van der Waals surface area (Å²) in [7, 11) is 0. The molecule has 1 heterocycles. The molecule has 0 fully saturated rings. The van der Waals surface area contributed by atoms with E-state index in [-0.39, 0.29) is 13.0 Å². The quantitative estimate of drug-likeness (QED) is 0.667. The van der Waals surface area contributed by atoms with Crippen molar-refractivity contribution in [2.24, 2.45) is 0 Å². The highest BCUT2D eigenvalue weighted by Gasteiger charge is 2.45. The maximum absolute atomic E-state index is 11.9. The second-order valence-electron chi connectivity index (χ2n) is 6.30. The molecule has 2 amide bonds. The zero-order valence-corrected chi connectivity index (χ0v) is 13.1. The molecule has 124 valence electrons. The number of aliphatic carboxylic acids is 1. The second-order valence-corrected chi connectivity index (χ2v) is 6.30. The standard InChI is InChI=1S/C14H22N2O6/c1-9-6-5-7-14(10(17)18,8-16(9)12(20)21)15-11(19)22-13(2,3)4/h5-6,9H,7-8H2,1-4H3,(H,15,19)(H,17,18)(H,20,21)/t9-,14-/m0/s1. The Morgan fingerprint density at radius 2 is 1.91 bits per heavy atom. The zero-order valence-electron chi connectivity index (χ0n) is 13.1. The largest absolute Gasteiger partial charge is 0.479 e. The van der Waals surface area contributed by atoms with Gasteiger partial charge in [0.25, 0.3) is 0 Å². The number of carbonyl (C=O) groups excluding carboxylic acids is 1. The molecule has 8 heteroatoms. The number of alkyl carbamates (subject to hydrolysis) is 1. The van der Waals surface area contributed by atoms with Gasteiger partial charge in [0.2, 0.25) is 0 Å². The molecule has 8 nitrogen and oxygen atoms in total. The lowest BCUT2D eigenvalue weighted by Gasteiger charge is -2.34. The maximum atomic E-state index is 11.9. The zero-order chi connectivity index (χ0) is 17.1. The molecule has 0 saturated heterocycles. The van der Waals surface area contributed by atoms with Gasteiger partial charge in [0, 0.05) is 6.42 Å². The molecular weight excluding hydrogens is 292 g/mol. The van der Waals surface area contributed by atoms with Gasteiger partial charge in [0.1, 0.15) is 5.60 Å². The molecule has 1 aliphatic rings. The number of nitrogens with zero attached hydrogens (tertiary/aromatic N) is 1. The Hall–Kier alpha value is -2.25. The highest BCUT2D eigenvalue weighted by Crippen LogP contribution is 2.22. The van der Waals surface area contributed by atoms with Crippen LogP contribution in [-0.4, -0.2) is 57.0 Å². The molecule has 3 N–H and O–H groups in total. The number of carboxylic acid groups (broad SMARTS) is 2. The Morgan fingerprint density at radius 3 is 2.36 bits per heavy atom. The number of hydrogen-bond donors (Lipinski definition) is 3. The Bertz CT molecular complexity index is 496. The predicted octanol–water partition coefficient (Wildman–Crippen LogP) is 1.66. The van der Waals surface area contributed by atoms with Crippen LogP contribution in [0.5, 0.6) is 0 Å². The minimum absolute atomic E-state index is 0.0320. The van der Waals surface area contributed by atoms with Crippen molar-refractivity contribution in [3.8, 4) is 0 Å². The van der Waals surface area contributed by atoms with Gasteiger partial charge in [-0.1, -0.05) is 12.2 Å². The number of ether oxygens (including phenoxy) is 1. The number of hydrogen-bond acceptors (Lipinski definition) is 4. The molecule has 22 heavy (non-hydrogen) atoms. The van der Waals surface area contributed by atoms with E-state index in [4.69, 9.17) is 4.74 Å². The molecular formula is C14H22N2O6. The average molecular weight is 314 g/mol. The monoisotopic (exact) mass is 314 g/mol. The van der Waals surface area contributed by atoms with Crippen molar-refractivity contribution in [1.29, 1.82) is 0 Å². The normalized spacial score (nSPS) is 25.3. The van der Waals surface area contributed by atoms with Crippen LogP contribution in [0.15, 0.2) is 12.2 Å². The SMILES string of the molecule is C[C@H]1C=CC[C@@](NC(=O)OC(C)(C)C)(C(=O)O)CN1C(=O)O. The highest BCUT2D eigenvalue weighted by molar-refractivity contribution is 5.86. The van der Waals surface area contributed by atoms with Crippen LogP contribution in [0.3, 0.4) is 0 Å². The van der Waals surface area contributed by atoms with Crippen LogP contribution < -0.4 is 5.32 Å². The van der Waals surface area contributed by atoms with E-state index in [1.807, 2.05) is 0 Å². The minimum atomic E-state index is -1.76. The average Bonchev–Trinajstić information content (AvgIpc) is 2.47. The molecule has 2 atom stereocenters. The van der Waals surface area contributed by atoms with Crippen molar-refractivity contribution in [2.45, 2.75) is 51.3 Å². The Labute approximate surface area is 128 Å². The Morgan fingerprint density at radius 1 is 1.32 bits per heavy atom. The fourth-order valence-electron chi connectivity index (χ4n) is 2.11. The lowest BCUT2D eigenvalue weighted by molar-refractivity contribution is -0.145. The van der Waals surface area contributed by atoms with Gasteiger partial charge in [-0.2, -0.15) is 0 Å². The summed E-state index contributed by atoms with van der Waals surface area (Å²) in [5.41, 5.74) is -2.55. The van der Waals surface area contributed by atoms with Crippen LogP contribution in [0.2, 0.25) is 0 Å². The summed E-state index contributed by atoms with van der Waals surface area (Å²) in [5, 5.41) is 21.1. The van der Waals surface area contributed by atoms with E-state index >= 15 is 0 Å². The van der Waals surface area contributed by atoms with Gasteiger partial charge in [0.05, 0.1) is 12.6 Å². The van der Waals surface area contributed by atoms with Crippen LogP contribution in [0, 0.1) is 0 Å². The summed E-state index contributed by atoms with van der Waals surface area (Å²) in [6.07, 6.45) is 0.962.